The van der Waals surface area contributed by atoms with Crippen LogP contribution in [0.3, 0.4) is 0 Å². The number of methoxy groups -OCH3 is 1. The van der Waals surface area contributed by atoms with Crippen molar-refractivity contribution >= 4 is 27.8 Å². The van der Waals surface area contributed by atoms with E-state index < -0.39 is 0 Å². The third-order valence-electron chi connectivity index (χ3n) is 6.10. The van der Waals surface area contributed by atoms with Crippen molar-refractivity contribution in [1.82, 2.24) is 40.0 Å². The smallest absolute Gasteiger partial charge is 0.161 e. The Labute approximate surface area is 189 Å². The monoisotopic (exact) mass is 441 g/mol. The van der Waals surface area contributed by atoms with Crippen LogP contribution in [0.1, 0.15) is 0 Å². The summed E-state index contributed by atoms with van der Waals surface area (Å²) in [5, 5.41) is 7.59. The normalized spacial score (nSPS) is 14.9. The Hall–Kier alpha value is -4.05. The maximum Gasteiger partial charge on any atom is 0.161 e. The molecule has 5 aromatic heterocycles. The molecule has 166 valence electrons. The molecule has 0 unspecified atom stereocenters. The third kappa shape index (κ3) is 3.44. The van der Waals surface area contributed by atoms with Gasteiger partial charge in [-0.3, -0.25) is 15.1 Å². The SMILES string of the molecule is COc1cncc(-c2ccc3[nH]nc(-c4nc5c(N6CCN(C)CC6)cncc5[nH]4)c3n2)c1. The number of ether oxygens (including phenoxy) is 1. The molecule has 6 rings (SSSR count). The maximum absolute atomic E-state index is 5.31. The number of likely N-dealkylation sites (N-methyl/N-ethyl adjacent to an activating group) is 1. The molecule has 0 aliphatic carbocycles. The van der Waals surface area contributed by atoms with Crippen LogP contribution in [0.4, 0.5) is 5.69 Å². The second kappa shape index (κ2) is 7.82. The molecule has 0 saturated carbocycles. The van der Waals surface area contributed by atoms with E-state index in [9.17, 15) is 0 Å². The van der Waals surface area contributed by atoms with E-state index in [2.05, 4.69) is 42.0 Å². The number of nitrogens with zero attached hydrogens (tertiary/aromatic N) is 7. The third-order valence-corrected chi connectivity index (χ3v) is 6.10. The van der Waals surface area contributed by atoms with Crippen LogP contribution in [0.15, 0.2) is 43.0 Å². The van der Waals surface area contributed by atoms with Crippen molar-refractivity contribution in [1.29, 1.82) is 0 Å². The molecule has 10 heteroatoms. The number of hydrogen-bond donors (Lipinski definition) is 2. The molecule has 1 fully saturated rings. The van der Waals surface area contributed by atoms with Crippen LogP contribution in [0.25, 0.3) is 44.8 Å². The van der Waals surface area contributed by atoms with E-state index in [0.717, 1.165) is 65.2 Å². The van der Waals surface area contributed by atoms with Crippen molar-refractivity contribution in [3.8, 4) is 28.5 Å². The van der Waals surface area contributed by atoms with Gasteiger partial charge in [0.2, 0.25) is 0 Å². The van der Waals surface area contributed by atoms with Gasteiger partial charge in [0.1, 0.15) is 16.8 Å². The average Bonchev–Trinajstić information content (AvgIpc) is 3.48. The predicted molar refractivity (Wildman–Crippen MR) is 126 cm³/mol. The van der Waals surface area contributed by atoms with Crippen LogP contribution < -0.4 is 9.64 Å². The lowest BCUT2D eigenvalue weighted by Gasteiger charge is -2.33. The van der Waals surface area contributed by atoms with E-state index in [0.29, 0.717) is 17.3 Å². The number of rotatable bonds is 4. The molecule has 0 radical (unpaired) electrons. The standard InChI is InChI=1S/C23H23N9O/c1-31-5-7-32(8-6-31)19-13-25-12-18-20(19)28-23(27-18)22-21-17(29-30-22)4-3-16(26-21)14-9-15(33-2)11-24-10-14/h3-4,9-13H,5-8H2,1-2H3,(H,27,28)(H,29,30). The molecule has 0 amide bonds. The second-order valence-electron chi connectivity index (χ2n) is 8.21. The lowest BCUT2D eigenvalue weighted by molar-refractivity contribution is 0.313. The first-order valence-electron chi connectivity index (χ1n) is 10.8. The summed E-state index contributed by atoms with van der Waals surface area (Å²) >= 11 is 0. The summed E-state index contributed by atoms with van der Waals surface area (Å²) in [6, 6.07) is 5.82. The van der Waals surface area contributed by atoms with Crippen LogP contribution in [0.2, 0.25) is 0 Å². The van der Waals surface area contributed by atoms with E-state index in [1.54, 1.807) is 25.7 Å². The zero-order chi connectivity index (χ0) is 22.4. The summed E-state index contributed by atoms with van der Waals surface area (Å²) in [5.74, 6) is 1.34. The molecular formula is C23H23N9O. The van der Waals surface area contributed by atoms with Crippen molar-refractivity contribution in [3.63, 3.8) is 0 Å². The highest BCUT2D eigenvalue weighted by atomic mass is 16.5. The van der Waals surface area contributed by atoms with Crippen molar-refractivity contribution in [2.45, 2.75) is 0 Å². The Bertz CT molecular complexity index is 1450. The number of piperazine rings is 1. The quantitative estimate of drug-likeness (QED) is 0.438. The highest BCUT2D eigenvalue weighted by molar-refractivity contribution is 5.94. The van der Waals surface area contributed by atoms with E-state index in [1.807, 2.05) is 24.4 Å². The Morgan fingerprint density at radius 1 is 0.909 bits per heavy atom. The van der Waals surface area contributed by atoms with Gasteiger partial charge < -0.3 is 19.5 Å². The van der Waals surface area contributed by atoms with Crippen LogP contribution in [-0.4, -0.2) is 80.4 Å². The fraction of sp³-hybridized carbons (Fsp3) is 0.261. The Morgan fingerprint density at radius 3 is 2.61 bits per heavy atom. The number of H-pyrrole nitrogens is 2. The minimum Gasteiger partial charge on any atom is -0.495 e. The molecule has 10 nitrogen and oxygen atoms in total. The van der Waals surface area contributed by atoms with Crippen LogP contribution in [0, 0.1) is 0 Å². The van der Waals surface area contributed by atoms with Gasteiger partial charge in [-0.1, -0.05) is 0 Å². The summed E-state index contributed by atoms with van der Waals surface area (Å²) in [5.41, 5.74) is 6.72. The van der Waals surface area contributed by atoms with Crippen molar-refractivity contribution in [2.75, 3.05) is 45.2 Å². The Kier molecular flexibility index (Phi) is 4.65. The molecule has 1 aliphatic rings. The summed E-state index contributed by atoms with van der Waals surface area (Å²) in [6.45, 7) is 3.93. The molecule has 1 saturated heterocycles. The Balaban J connectivity index is 1.43. The first-order chi connectivity index (χ1) is 16.2. The van der Waals surface area contributed by atoms with Gasteiger partial charge in [0.25, 0.3) is 0 Å². The van der Waals surface area contributed by atoms with E-state index >= 15 is 0 Å². The summed E-state index contributed by atoms with van der Waals surface area (Å²) in [6.07, 6.45) is 7.14. The van der Waals surface area contributed by atoms with Gasteiger partial charge in [-0.05, 0) is 25.2 Å². The molecule has 6 heterocycles. The Morgan fingerprint density at radius 2 is 1.76 bits per heavy atom. The average molecular weight is 441 g/mol. The predicted octanol–water partition coefficient (Wildman–Crippen LogP) is 2.72. The number of nitrogens with one attached hydrogen (secondary N) is 2. The summed E-state index contributed by atoms with van der Waals surface area (Å²) < 4.78 is 5.31. The molecule has 33 heavy (non-hydrogen) atoms. The molecule has 2 N–H and O–H groups in total. The first-order valence-corrected chi connectivity index (χ1v) is 10.8. The molecule has 1 aliphatic heterocycles. The van der Waals surface area contributed by atoms with Gasteiger partial charge in [0, 0.05) is 37.9 Å². The molecule has 5 aromatic rings. The van der Waals surface area contributed by atoms with Gasteiger partial charge in [-0.15, -0.1) is 0 Å². The minimum absolute atomic E-state index is 0.660. The minimum atomic E-state index is 0.660. The number of anilines is 1. The fourth-order valence-corrected chi connectivity index (χ4v) is 4.21. The highest BCUT2D eigenvalue weighted by Crippen LogP contribution is 2.31. The number of pyridine rings is 3. The largest absolute Gasteiger partial charge is 0.495 e. The topological polar surface area (TPSA) is 112 Å². The molecule has 0 spiro atoms. The van der Waals surface area contributed by atoms with Crippen molar-refractivity contribution in [3.05, 3.63) is 43.0 Å². The number of aromatic amines is 2. The zero-order valence-corrected chi connectivity index (χ0v) is 18.4. The van der Waals surface area contributed by atoms with Crippen LogP contribution >= 0.6 is 0 Å². The fourth-order valence-electron chi connectivity index (χ4n) is 4.21. The van der Waals surface area contributed by atoms with Crippen molar-refractivity contribution in [2.24, 2.45) is 0 Å². The molecule has 0 aromatic carbocycles. The lowest BCUT2D eigenvalue weighted by Crippen LogP contribution is -2.44. The van der Waals surface area contributed by atoms with E-state index in [-0.39, 0.29) is 0 Å². The van der Waals surface area contributed by atoms with Crippen molar-refractivity contribution < 1.29 is 4.74 Å². The molecule has 0 bridgehead atoms. The van der Waals surface area contributed by atoms with Crippen LogP contribution in [-0.2, 0) is 0 Å². The number of fused-ring (bicyclic) bond motifs is 2. The number of hydrogen-bond acceptors (Lipinski definition) is 8. The molecular weight excluding hydrogens is 418 g/mol. The van der Waals surface area contributed by atoms with Gasteiger partial charge in [0.05, 0.1) is 48.1 Å². The van der Waals surface area contributed by atoms with E-state index in [4.69, 9.17) is 14.7 Å². The maximum atomic E-state index is 5.31. The second-order valence-corrected chi connectivity index (χ2v) is 8.21. The summed E-state index contributed by atoms with van der Waals surface area (Å²) in [4.78, 5) is 26.5. The van der Waals surface area contributed by atoms with Gasteiger partial charge in [-0.2, -0.15) is 5.10 Å². The van der Waals surface area contributed by atoms with Gasteiger partial charge >= 0.3 is 0 Å². The molecule has 0 atom stereocenters. The van der Waals surface area contributed by atoms with E-state index in [1.165, 1.54) is 0 Å². The summed E-state index contributed by atoms with van der Waals surface area (Å²) in [7, 11) is 3.77. The number of imidazole rings is 1. The van der Waals surface area contributed by atoms with Crippen LogP contribution in [0.5, 0.6) is 5.75 Å². The van der Waals surface area contributed by atoms with Gasteiger partial charge in [-0.25, -0.2) is 9.97 Å². The zero-order valence-electron chi connectivity index (χ0n) is 18.4. The first kappa shape index (κ1) is 19.6. The number of aromatic nitrogens is 7. The highest BCUT2D eigenvalue weighted by Gasteiger charge is 2.21. The lowest BCUT2D eigenvalue weighted by atomic mass is 10.1. The van der Waals surface area contributed by atoms with Gasteiger partial charge in [0.15, 0.2) is 11.5 Å².